The van der Waals surface area contributed by atoms with E-state index in [0.29, 0.717) is 0 Å². The van der Waals surface area contributed by atoms with Gasteiger partial charge in [-0.1, -0.05) is 146 Å². The predicted molar refractivity (Wildman–Crippen MR) is 269 cm³/mol. The van der Waals surface area contributed by atoms with E-state index in [2.05, 4.69) is 210 Å². The number of rotatable bonds is 9. The van der Waals surface area contributed by atoms with Crippen LogP contribution in [-0.4, -0.2) is 10.4 Å². The topological polar surface area (TPSA) is 33.9 Å². The number of hydrogen-bond donors (Lipinski definition) is 0. The number of fused-ring (bicyclic) bond motifs is 12. The Hall–Kier alpha value is -8.34. The average molecular weight is 821 g/mol. The maximum atomic E-state index is 6.78. The lowest BCUT2D eigenvalue weighted by molar-refractivity contribution is 0.667. The number of nitrogens with zero attached hydrogens (tertiary/aromatic N) is 2. The van der Waals surface area contributed by atoms with E-state index in [4.69, 9.17) is 8.83 Å². The SMILES string of the molecule is C=CC(C/C=C/c1cccc2c1oc1ccccc12)N(c1ccc(-c2ccccc2)cc1)c1ccc2c(c1)oc1cc(-c3ccc4c(c3)c3cccc5c6ccccc6n4c53)ccc12. The quantitative estimate of drug-likeness (QED) is 0.136. The third-order valence-electron chi connectivity index (χ3n) is 13.3. The van der Waals surface area contributed by atoms with Gasteiger partial charge in [0.05, 0.1) is 22.6 Å². The molecule has 302 valence electrons. The van der Waals surface area contributed by atoms with E-state index in [0.717, 1.165) is 78.4 Å². The number of anilines is 2. The number of benzene rings is 9. The summed E-state index contributed by atoms with van der Waals surface area (Å²) in [4.78, 5) is 2.37. The highest BCUT2D eigenvalue weighted by Gasteiger charge is 2.21. The van der Waals surface area contributed by atoms with E-state index in [1.54, 1.807) is 0 Å². The lowest BCUT2D eigenvalue weighted by Gasteiger charge is -2.31. The van der Waals surface area contributed by atoms with Crippen molar-refractivity contribution in [1.29, 1.82) is 0 Å². The number of furan rings is 2. The molecule has 0 aliphatic heterocycles. The summed E-state index contributed by atoms with van der Waals surface area (Å²) in [6, 6.07) is 69.4. The molecule has 0 saturated heterocycles. The molecule has 4 heterocycles. The van der Waals surface area contributed by atoms with Gasteiger partial charge in [-0.15, -0.1) is 6.58 Å². The van der Waals surface area contributed by atoms with Gasteiger partial charge in [-0.25, -0.2) is 0 Å². The summed E-state index contributed by atoms with van der Waals surface area (Å²) in [5.41, 5.74) is 15.1. The van der Waals surface area contributed by atoms with Crippen LogP contribution < -0.4 is 4.90 Å². The van der Waals surface area contributed by atoms with Gasteiger partial charge in [0.15, 0.2) is 0 Å². The molecular weight excluding hydrogens is 781 g/mol. The van der Waals surface area contributed by atoms with Crippen molar-refractivity contribution in [2.24, 2.45) is 0 Å². The minimum absolute atomic E-state index is 0.0621. The van der Waals surface area contributed by atoms with E-state index in [9.17, 15) is 0 Å². The van der Waals surface area contributed by atoms with Crippen molar-refractivity contribution in [3.8, 4) is 22.3 Å². The third-order valence-corrected chi connectivity index (χ3v) is 13.3. The first-order valence-corrected chi connectivity index (χ1v) is 22.0. The van der Waals surface area contributed by atoms with Crippen LogP contribution in [0.5, 0.6) is 0 Å². The van der Waals surface area contributed by atoms with Crippen molar-refractivity contribution in [3.63, 3.8) is 0 Å². The average Bonchev–Trinajstić information content (AvgIpc) is 4.11. The lowest BCUT2D eigenvalue weighted by Crippen LogP contribution is -2.28. The summed E-state index contributed by atoms with van der Waals surface area (Å²) in [7, 11) is 0. The lowest BCUT2D eigenvalue weighted by atomic mass is 10.0. The molecule has 9 aromatic carbocycles. The Bertz CT molecular complexity index is 3960. The van der Waals surface area contributed by atoms with E-state index in [-0.39, 0.29) is 6.04 Å². The summed E-state index contributed by atoms with van der Waals surface area (Å²) in [5, 5.41) is 9.56. The van der Waals surface area contributed by atoms with E-state index >= 15 is 0 Å². The monoisotopic (exact) mass is 820 g/mol. The molecule has 4 aromatic heterocycles. The zero-order valence-corrected chi connectivity index (χ0v) is 34.9. The van der Waals surface area contributed by atoms with Crippen LogP contribution in [0.2, 0.25) is 0 Å². The van der Waals surface area contributed by atoms with Crippen LogP contribution >= 0.6 is 0 Å². The number of aromatic nitrogens is 1. The van der Waals surface area contributed by atoms with Crippen LogP contribution in [0.15, 0.2) is 222 Å². The zero-order valence-electron chi connectivity index (χ0n) is 34.9. The molecule has 0 fully saturated rings. The molecule has 0 amide bonds. The Balaban J connectivity index is 0.874. The highest BCUT2D eigenvalue weighted by Crippen LogP contribution is 2.42. The molecule has 0 radical (unpaired) electrons. The zero-order chi connectivity index (χ0) is 42.3. The van der Waals surface area contributed by atoms with Crippen molar-refractivity contribution in [2.45, 2.75) is 12.5 Å². The van der Waals surface area contributed by atoms with Gasteiger partial charge in [-0.2, -0.15) is 0 Å². The second kappa shape index (κ2) is 14.4. The molecule has 13 aromatic rings. The van der Waals surface area contributed by atoms with E-state index in [1.165, 1.54) is 49.2 Å². The summed E-state index contributed by atoms with van der Waals surface area (Å²) in [6.45, 7) is 4.37. The van der Waals surface area contributed by atoms with Crippen LogP contribution in [0, 0.1) is 0 Å². The van der Waals surface area contributed by atoms with Crippen molar-refractivity contribution >= 4 is 99.4 Å². The number of para-hydroxylation sites is 4. The molecule has 13 rings (SSSR count). The summed E-state index contributed by atoms with van der Waals surface area (Å²) in [5.74, 6) is 0. The molecule has 0 aliphatic rings. The maximum Gasteiger partial charge on any atom is 0.142 e. The van der Waals surface area contributed by atoms with Gasteiger partial charge in [0.1, 0.15) is 22.3 Å². The standard InChI is InChI=1S/C60H40N2O2/c1-2-43(17-10-15-40-16-11-22-52-47-19-7-9-24-56(47)64-60(40)52)61(44-29-25-39(26-30-44)38-13-4-3-5-14-38)45-31-33-49-48-32-27-42(36-57(48)63-58(49)37-45)41-28-34-55-53(35-41)51-21-12-20-50-46-18-6-8-23-54(46)62(55)59(50)51/h2-16,18-37,43H,1,17H2/b15-10+. The second-order valence-corrected chi connectivity index (χ2v) is 16.8. The fourth-order valence-corrected chi connectivity index (χ4v) is 10.2. The molecule has 4 heteroatoms. The fourth-order valence-electron chi connectivity index (χ4n) is 10.2. The highest BCUT2D eigenvalue weighted by molar-refractivity contribution is 6.23. The third kappa shape index (κ3) is 5.62. The van der Waals surface area contributed by atoms with Crippen molar-refractivity contribution in [3.05, 3.63) is 218 Å². The van der Waals surface area contributed by atoms with Crippen LogP contribution in [0.1, 0.15) is 12.0 Å². The van der Waals surface area contributed by atoms with Crippen LogP contribution in [-0.2, 0) is 0 Å². The minimum Gasteiger partial charge on any atom is -0.456 e. The molecule has 1 unspecified atom stereocenters. The van der Waals surface area contributed by atoms with Gasteiger partial charge >= 0.3 is 0 Å². The minimum atomic E-state index is -0.0621. The Morgan fingerprint density at radius 3 is 1.92 bits per heavy atom. The molecule has 64 heavy (non-hydrogen) atoms. The van der Waals surface area contributed by atoms with Crippen molar-refractivity contribution in [1.82, 2.24) is 4.40 Å². The van der Waals surface area contributed by atoms with E-state index < -0.39 is 0 Å². The first-order valence-electron chi connectivity index (χ1n) is 22.0. The van der Waals surface area contributed by atoms with Crippen molar-refractivity contribution in [2.75, 3.05) is 4.90 Å². The Labute approximate surface area is 369 Å². The van der Waals surface area contributed by atoms with Crippen molar-refractivity contribution < 1.29 is 8.83 Å². The second-order valence-electron chi connectivity index (χ2n) is 16.8. The van der Waals surface area contributed by atoms with Gasteiger partial charge in [0, 0.05) is 66.1 Å². The van der Waals surface area contributed by atoms with Crippen LogP contribution in [0.25, 0.3) is 110 Å². The fraction of sp³-hybridized carbons (Fsp3) is 0.0333. The molecule has 0 aliphatic carbocycles. The predicted octanol–water partition coefficient (Wildman–Crippen LogP) is 16.8. The highest BCUT2D eigenvalue weighted by atomic mass is 16.3. The van der Waals surface area contributed by atoms with Gasteiger partial charge in [-0.05, 0) is 89.3 Å². The van der Waals surface area contributed by atoms with Gasteiger partial charge in [0.25, 0.3) is 0 Å². The largest absolute Gasteiger partial charge is 0.456 e. The Morgan fingerprint density at radius 1 is 0.453 bits per heavy atom. The molecule has 1 atom stereocenters. The molecule has 0 spiro atoms. The normalized spacial score (nSPS) is 12.7. The maximum absolute atomic E-state index is 6.78. The van der Waals surface area contributed by atoms with Gasteiger partial charge in [0.2, 0.25) is 0 Å². The molecule has 0 N–H and O–H groups in total. The Morgan fingerprint density at radius 2 is 1.06 bits per heavy atom. The Kier molecular flexibility index (Phi) is 8.16. The van der Waals surface area contributed by atoms with Gasteiger partial charge < -0.3 is 18.1 Å². The summed E-state index contributed by atoms with van der Waals surface area (Å²) >= 11 is 0. The smallest absolute Gasteiger partial charge is 0.142 e. The molecular formula is C60H40N2O2. The van der Waals surface area contributed by atoms with Crippen LogP contribution in [0.4, 0.5) is 11.4 Å². The first kappa shape index (κ1) is 36.3. The summed E-state index contributed by atoms with van der Waals surface area (Å²) in [6.07, 6.45) is 7.18. The van der Waals surface area contributed by atoms with Gasteiger partial charge in [-0.3, -0.25) is 0 Å². The van der Waals surface area contributed by atoms with Crippen LogP contribution in [0.3, 0.4) is 0 Å². The molecule has 0 bridgehead atoms. The molecule has 0 saturated carbocycles. The van der Waals surface area contributed by atoms with E-state index in [1.807, 2.05) is 18.2 Å². The first-order chi connectivity index (χ1) is 31.7. The number of hydrogen-bond acceptors (Lipinski definition) is 3. The summed E-state index contributed by atoms with van der Waals surface area (Å²) < 4.78 is 15.6. The molecule has 4 nitrogen and oxygen atoms in total.